The van der Waals surface area contributed by atoms with Crippen molar-refractivity contribution in [1.82, 2.24) is 4.57 Å². The fraction of sp³-hybridized carbons (Fsp3) is 0. The summed E-state index contributed by atoms with van der Waals surface area (Å²) in [5.41, 5.74) is 0.803. The molecule has 0 radical (unpaired) electrons. The van der Waals surface area contributed by atoms with E-state index < -0.39 is 11.7 Å². The van der Waals surface area contributed by atoms with Gasteiger partial charge in [-0.3, -0.25) is 4.79 Å². The van der Waals surface area contributed by atoms with Crippen LogP contribution in [0.25, 0.3) is 11.1 Å². The molecule has 0 atom stereocenters. The number of aromatic nitrogens is 1. The number of allylic oxidation sites excluding steroid dienone is 1. The van der Waals surface area contributed by atoms with Crippen LogP contribution in [0, 0.1) is 0 Å². The molecule has 4 nitrogen and oxygen atoms in total. The number of nitrogens with zero attached hydrogens (tertiary/aromatic N) is 1. The summed E-state index contributed by atoms with van der Waals surface area (Å²) < 4.78 is 6.63. The van der Waals surface area contributed by atoms with Gasteiger partial charge in [0.25, 0.3) is 5.91 Å². The molecule has 0 aliphatic rings. The van der Waals surface area contributed by atoms with Gasteiger partial charge in [-0.05, 0) is 24.3 Å². The van der Waals surface area contributed by atoms with Gasteiger partial charge in [-0.25, -0.2) is 9.36 Å². The summed E-state index contributed by atoms with van der Waals surface area (Å²) in [7, 11) is 0. The highest BCUT2D eigenvalue weighted by Crippen LogP contribution is 2.18. The number of carbonyl (C=O) groups is 1. The van der Waals surface area contributed by atoms with E-state index in [4.69, 9.17) is 4.42 Å². The predicted molar refractivity (Wildman–Crippen MR) is 59.0 cm³/mol. The summed E-state index contributed by atoms with van der Waals surface area (Å²) in [6.45, 7) is 3.32. The van der Waals surface area contributed by atoms with Crippen LogP contribution >= 0.6 is 15.9 Å². The maximum absolute atomic E-state index is 11.4. The molecule has 2 rings (SSSR count). The van der Waals surface area contributed by atoms with Crippen LogP contribution in [0.15, 0.2) is 44.5 Å². The van der Waals surface area contributed by atoms with Gasteiger partial charge in [0.2, 0.25) is 0 Å². The van der Waals surface area contributed by atoms with Crippen LogP contribution in [0.2, 0.25) is 0 Å². The van der Waals surface area contributed by atoms with E-state index in [9.17, 15) is 9.59 Å². The van der Waals surface area contributed by atoms with Crippen LogP contribution in [0.5, 0.6) is 0 Å². The molecule has 1 aromatic heterocycles. The lowest BCUT2D eigenvalue weighted by Crippen LogP contribution is -2.20. The van der Waals surface area contributed by atoms with Crippen LogP contribution in [0.4, 0.5) is 0 Å². The Morgan fingerprint density at radius 3 is 2.93 bits per heavy atom. The van der Waals surface area contributed by atoms with Gasteiger partial charge in [-0.1, -0.05) is 22.5 Å². The predicted octanol–water partition coefficient (Wildman–Crippen LogP) is 2.18. The van der Waals surface area contributed by atoms with E-state index in [0.717, 1.165) is 15.1 Å². The zero-order valence-corrected chi connectivity index (χ0v) is 9.15. The lowest BCUT2D eigenvalue weighted by Gasteiger charge is -1.94. The third-order valence-electron chi connectivity index (χ3n) is 1.94. The van der Waals surface area contributed by atoms with Gasteiger partial charge in [0.05, 0.1) is 5.52 Å². The molecule has 0 saturated heterocycles. The van der Waals surface area contributed by atoms with E-state index in [0.29, 0.717) is 11.1 Å². The highest BCUT2D eigenvalue weighted by atomic mass is 79.9. The Labute approximate surface area is 92.9 Å². The molecular weight excluding hydrogens is 262 g/mol. The summed E-state index contributed by atoms with van der Waals surface area (Å²) in [6.07, 6.45) is 1.07. The first kappa shape index (κ1) is 9.92. The SMILES string of the molecule is C=CC(=O)n1c(=O)oc2cc(Br)ccc21. The first-order chi connectivity index (χ1) is 7.13. The topological polar surface area (TPSA) is 52.2 Å². The van der Waals surface area contributed by atoms with E-state index in [2.05, 4.69) is 22.5 Å². The number of hydrogen-bond donors (Lipinski definition) is 0. The number of rotatable bonds is 1. The largest absolute Gasteiger partial charge is 0.427 e. The average Bonchev–Trinajstić information content (AvgIpc) is 2.52. The lowest BCUT2D eigenvalue weighted by atomic mass is 10.3. The molecule has 0 aliphatic carbocycles. The van der Waals surface area contributed by atoms with Crippen LogP contribution in [-0.2, 0) is 0 Å². The van der Waals surface area contributed by atoms with Crippen molar-refractivity contribution >= 4 is 32.9 Å². The van der Waals surface area contributed by atoms with Gasteiger partial charge in [-0.15, -0.1) is 0 Å². The Bertz CT molecular complexity index is 609. The van der Waals surface area contributed by atoms with Crippen molar-refractivity contribution in [3.05, 3.63) is 45.9 Å². The van der Waals surface area contributed by atoms with Gasteiger partial charge in [-0.2, -0.15) is 0 Å². The van der Waals surface area contributed by atoms with Gasteiger partial charge in [0.1, 0.15) is 0 Å². The summed E-state index contributed by atoms with van der Waals surface area (Å²) in [4.78, 5) is 22.7. The summed E-state index contributed by atoms with van der Waals surface area (Å²) in [5, 5.41) is 0. The Balaban J connectivity index is 2.85. The Hall–Kier alpha value is -1.62. The summed E-state index contributed by atoms with van der Waals surface area (Å²) >= 11 is 3.24. The van der Waals surface area contributed by atoms with E-state index in [1.54, 1.807) is 18.2 Å². The first-order valence-corrected chi connectivity index (χ1v) is 4.90. The number of benzene rings is 1. The molecule has 5 heteroatoms. The lowest BCUT2D eigenvalue weighted by molar-refractivity contribution is 0.0966. The Morgan fingerprint density at radius 1 is 1.53 bits per heavy atom. The van der Waals surface area contributed by atoms with E-state index in [-0.39, 0.29) is 0 Å². The second kappa shape index (κ2) is 3.51. The maximum atomic E-state index is 11.4. The zero-order valence-electron chi connectivity index (χ0n) is 7.57. The highest BCUT2D eigenvalue weighted by molar-refractivity contribution is 9.10. The number of carbonyl (C=O) groups excluding carboxylic acids is 1. The summed E-state index contributed by atoms with van der Waals surface area (Å²) in [6, 6.07) is 4.99. The molecule has 0 fully saturated rings. The normalized spacial score (nSPS) is 10.5. The van der Waals surface area contributed by atoms with Crippen molar-refractivity contribution in [2.75, 3.05) is 0 Å². The van der Waals surface area contributed by atoms with Crippen LogP contribution in [-0.4, -0.2) is 10.5 Å². The number of oxazole rings is 1. The molecule has 1 heterocycles. The first-order valence-electron chi connectivity index (χ1n) is 4.11. The molecule has 0 unspecified atom stereocenters. The molecular formula is C10H6BrNO3. The third kappa shape index (κ3) is 1.55. The molecule has 0 bridgehead atoms. The number of hydrogen-bond acceptors (Lipinski definition) is 3. The number of fused-ring (bicyclic) bond motifs is 1. The molecule has 15 heavy (non-hydrogen) atoms. The molecule has 76 valence electrons. The van der Waals surface area contributed by atoms with Crippen molar-refractivity contribution in [2.24, 2.45) is 0 Å². The van der Waals surface area contributed by atoms with E-state index in [1.165, 1.54) is 0 Å². The monoisotopic (exact) mass is 267 g/mol. The molecule has 0 N–H and O–H groups in total. The van der Waals surface area contributed by atoms with Gasteiger partial charge < -0.3 is 4.42 Å². The van der Waals surface area contributed by atoms with Gasteiger partial charge >= 0.3 is 5.76 Å². The van der Waals surface area contributed by atoms with Gasteiger partial charge in [0.15, 0.2) is 5.58 Å². The van der Waals surface area contributed by atoms with Crippen LogP contribution in [0.1, 0.15) is 4.79 Å². The van der Waals surface area contributed by atoms with Crippen molar-refractivity contribution in [3.8, 4) is 0 Å². The second-order valence-electron chi connectivity index (χ2n) is 2.86. The van der Waals surface area contributed by atoms with Crippen molar-refractivity contribution < 1.29 is 9.21 Å². The average molecular weight is 268 g/mol. The fourth-order valence-corrected chi connectivity index (χ4v) is 1.63. The molecule has 0 amide bonds. The zero-order chi connectivity index (χ0) is 11.0. The van der Waals surface area contributed by atoms with Gasteiger partial charge in [0, 0.05) is 4.47 Å². The molecule has 2 aromatic rings. The molecule has 0 saturated carbocycles. The minimum Gasteiger partial charge on any atom is -0.407 e. The fourth-order valence-electron chi connectivity index (χ4n) is 1.29. The third-order valence-corrected chi connectivity index (χ3v) is 2.43. The molecule has 1 aromatic carbocycles. The smallest absolute Gasteiger partial charge is 0.407 e. The Kier molecular flexibility index (Phi) is 2.32. The molecule has 0 spiro atoms. The van der Waals surface area contributed by atoms with E-state index in [1.807, 2.05) is 0 Å². The van der Waals surface area contributed by atoms with Crippen molar-refractivity contribution in [2.45, 2.75) is 0 Å². The minimum absolute atomic E-state index is 0.365. The Morgan fingerprint density at radius 2 is 2.27 bits per heavy atom. The quantitative estimate of drug-likeness (QED) is 0.745. The van der Waals surface area contributed by atoms with Crippen molar-refractivity contribution in [1.29, 1.82) is 0 Å². The highest BCUT2D eigenvalue weighted by Gasteiger charge is 2.13. The van der Waals surface area contributed by atoms with Crippen LogP contribution < -0.4 is 5.76 Å². The number of halogens is 1. The van der Waals surface area contributed by atoms with Crippen molar-refractivity contribution in [3.63, 3.8) is 0 Å². The second-order valence-corrected chi connectivity index (χ2v) is 3.77. The minimum atomic E-state index is -0.701. The van der Waals surface area contributed by atoms with Crippen LogP contribution in [0.3, 0.4) is 0 Å². The maximum Gasteiger partial charge on any atom is 0.427 e. The molecule has 0 aliphatic heterocycles. The standard InChI is InChI=1S/C10H6BrNO3/c1-2-9(13)12-7-4-3-6(11)5-8(7)15-10(12)14/h2-5H,1H2. The van der Waals surface area contributed by atoms with E-state index >= 15 is 0 Å². The summed E-state index contributed by atoms with van der Waals surface area (Å²) in [5.74, 6) is -1.20.